The Bertz CT molecular complexity index is 409. The van der Waals surface area contributed by atoms with Gasteiger partial charge in [0.25, 0.3) is 0 Å². The van der Waals surface area contributed by atoms with E-state index in [9.17, 15) is 4.79 Å². The summed E-state index contributed by atoms with van der Waals surface area (Å²) in [7, 11) is -0.256. The maximum Gasteiger partial charge on any atom is 0.192 e. The molecular weight excluding hydrogens is 284 g/mol. The summed E-state index contributed by atoms with van der Waals surface area (Å²) in [5.41, 5.74) is -0.435. The molecule has 21 heavy (non-hydrogen) atoms. The zero-order valence-electron chi connectivity index (χ0n) is 14.5. The molecule has 0 fully saturated rings. The maximum atomic E-state index is 12.4. The first-order valence-corrected chi connectivity index (χ1v) is 10.4. The Morgan fingerprint density at radius 3 is 2.43 bits per heavy atom. The van der Waals surface area contributed by atoms with Crippen LogP contribution >= 0.6 is 0 Å². The number of ether oxygens (including phenoxy) is 2. The van der Waals surface area contributed by atoms with Gasteiger partial charge in [-0.25, -0.2) is 0 Å². The zero-order chi connectivity index (χ0) is 16.3. The smallest absolute Gasteiger partial charge is 0.192 e. The Hall–Kier alpha value is -0.653. The number of hydrogen-bond acceptors (Lipinski definition) is 4. The number of carbonyl (C=O) groups is 1. The normalized spacial score (nSPS) is 24.0. The van der Waals surface area contributed by atoms with Crippen LogP contribution in [0.4, 0.5) is 0 Å². The van der Waals surface area contributed by atoms with Crippen LogP contribution in [0.5, 0.6) is 0 Å². The molecule has 0 bridgehead atoms. The maximum absolute atomic E-state index is 12.4. The third-order valence-electron chi connectivity index (χ3n) is 4.73. The van der Waals surface area contributed by atoms with E-state index >= 15 is 0 Å². The second-order valence-electron chi connectivity index (χ2n) is 7.64. The average molecular weight is 314 g/mol. The molecule has 0 saturated heterocycles. The van der Waals surface area contributed by atoms with Crippen LogP contribution in [-0.4, -0.2) is 34.6 Å². The van der Waals surface area contributed by atoms with Gasteiger partial charge in [-0.2, -0.15) is 0 Å². The number of hydrogen-bond donors (Lipinski definition) is 0. The standard InChI is InChI=1S/C16H30O4Si/c1-15(2,3)21(6,7)20-11-16(4)9-8-13(10-14(16)17)19-12-18-5/h10H,8-9,11-12H2,1-7H3/t16-/m0/s1. The van der Waals surface area contributed by atoms with Crippen LogP contribution in [0.2, 0.25) is 18.1 Å². The number of allylic oxidation sites excluding steroid dienone is 2. The van der Waals surface area contributed by atoms with Crippen LogP contribution in [-0.2, 0) is 18.7 Å². The molecular formula is C16H30O4Si. The van der Waals surface area contributed by atoms with Gasteiger partial charge in [0.2, 0.25) is 0 Å². The molecule has 1 atom stereocenters. The van der Waals surface area contributed by atoms with Crippen LogP contribution in [0.25, 0.3) is 0 Å². The Kier molecular flexibility index (Phi) is 5.81. The molecule has 1 rings (SSSR count). The highest BCUT2D eigenvalue weighted by molar-refractivity contribution is 6.74. The van der Waals surface area contributed by atoms with E-state index < -0.39 is 13.7 Å². The first-order chi connectivity index (χ1) is 9.52. The Balaban J connectivity index is 2.68. The van der Waals surface area contributed by atoms with Gasteiger partial charge in [0.1, 0.15) is 5.76 Å². The molecule has 0 aliphatic heterocycles. The molecule has 122 valence electrons. The largest absolute Gasteiger partial charge is 0.472 e. The fraction of sp³-hybridized carbons (Fsp3) is 0.812. The second kappa shape index (κ2) is 6.63. The van der Waals surface area contributed by atoms with Crippen LogP contribution in [0.1, 0.15) is 40.5 Å². The van der Waals surface area contributed by atoms with Crippen molar-refractivity contribution in [2.75, 3.05) is 20.5 Å². The van der Waals surface area contributed by atoms with Gasteiger partial charge in [-0.15, -0.1) is 0 Å². The van der Waals surface area contributed by atoms with E-state index in [1.807, 2.05) is 6.92 Å². The third kappa shape index (κ3) is 4.66. The van der Waals surface area contributed by atoms with E-state index in [1.54, 1.807) is 13.2 Å². The number of methoxy groups -OCH3 is 1. The molecule has 0 saturated carbocycles. The van der Waals surface area contributed by atoms with Gasteiger partial charge < -0.3 is 13.9 Å². The van der Waals surface area contributed by atoms with Crippen LogP contribution in [0.3, 0.4) is 0 Å². The lowest BCUT2D eigenvalue weighted by molar-refractivity contribution is -0.126. The molecule has 5 heteroatoms. The molecule has 0 aromatic heterocycles. The van der Waals surface area contributed by atoms with Gasteiger partial charge in [-0.05, 0) is 24.6 Å². The molecule has 1 aliphatic rings. The summed E-state index contributed by atoms with van der Waals surface area (Å²) in [5.74, 6) is 0.810. The summed E-state index contributed by atoms with van der Waals surface area (Å²) in [6.45, 7) is 13.7. The molecule has 0 unspecified atom stereocenters. The summed E-state index contributed by atoms with van der Waals surface area (Å²) >= 11 is 0. The first kappa shape index (κ1) is 18.4. The minimum absolute atomic E-state index is 0.0959. The second-order valence-corrected chi connectivity index (χ2v) is 12.4. The van der Waals surface area contributed by atoms with Crippen molar-refractivity contribution < 1.29 is 18.7 Å². The Labute approximate surface area is 130 Å². The molecule has 0 aromatic carbocycles. The highest BCUT2D eigenvalue weighted by atomic mass is 28.4. The van der Waals surface area contributed by atoms with E-state index in [4.69, 9.17) is 13.9 Å². The van der Waals surface area contributed by atoms with Crippen molar-refractivity contribution in [1.82, 2.24) is 0 Å². The van der Waals surface area contributed by atoms with E-state index in [-0.39, 0.29) is 17.6 Å². The Morgan fingerprint density at radius 1 is 1.33 bits per heavy atom. The summed E-state index contributed by atoms with van der Waals surface area (Å²) < 4.78 is 16.5. The van der Waals surface area contributed by atoms with Crippen LogP contribution < -0.4 is 0 Å². The van der Waals surface area contributed by atoms with Crippen molar-refractivity contribution in [2.24, 2.45) is 5.41 Å². The van der Waals surface area contributed by atoms with Crippen molar-refractivity contribution in [3.05, 3.63) is 11.8 Å². The SMILES string of the molecule is COCOC1=CC(=O)[C@](C)(CO[Si](C)(C)C(C)(C)C)CC1. The summed E-state index contributed by atoms with van der Waals surface area (Å²) in [6, 6.07) is 0. The van der Waals surface area contributed by atoms with E-state index in [0.29, 0.717) is 12.4 Å². The van der Waals surface area contributed by atoms with Crippen molar-refractivity contribution >= 4 is 14.1 Å². The van der Waals surface area contributed by atoms with E-state index in [2.05, 4.69) is 33.9 Å². The summed E-state index contributed by atoms with van der Waals surface area (Å²) in [5, 5.41) is 0.156. The molecule has 0 amide bonds. The lowest BCUT2D eigenvalue weighted by atomic mass is 9.78. The predicted octanol–water partition coefficient (Wildman–Crippen LogP) is 3.88. The highest BCUT2D eigenvalue weighted by Gasteiger charge is 2.42. The highest BCUT2D eigenvalue weighted by Crippen LogP contribution is 2.39. The third-order valence-corrected chi connectivity index (χ3v) is 9.21. The van der Waals surface area contributed by atoms with Crippen molar-refractivity contribution in [1.29, 1.82) is 0 Å². The van der Waals surface area contributed by atoms with E-state index in [0.717, 1.165) is 12.8 Å². The van der Waals surface area contributed by atoms with Gasteiger partial charge in [0, 0.05) is 26.2 Å². The van der Waals surface area contributed by atoms with Crippen LogP contribution in [0.15, 0.2) is 11.8 Å². The first-order valence-electron chi connectivity index (χ1n) is 7.52. The lowest BCUT2D eigenvalue weighted by Gasteiger charge is -2.40. The van der Waals surface area contributed by atoms with Crippen molar-refractivity contribution in [3.8, 4) is 0 Å². The minimum atomic E-state index is -1.83. The van der Waals surface area contributed by atoms with Gasteiger partial charge >= 0.3 is 0 Å². The van der Waals surface area contributed by atoms with Crippen molar-refractivity contribution in [3.63, 3.8) is 0 Å². The summed E-state index contributed by atoms with van der Waals surface area (Å²) in [6.07, 6.45) is 3.12. The Morgan fingerprint density at radius 2 is 1.95 bits per heavy atom. The van der Waals surface area contributed by atoms with Gasteiger partial charge in [0.05, 0.1) is 5.41 Å². The molecule has 4 nitrogen and oxygen atoms in total. The monoisotopic (exact) mass is 314 g/mol. The molecule has 0 N–H and O–H groups in total. The molecule has 0 heterocycles. The fourth-order valence-corrected chi connectivity index (χ4v) is 2.98. The number of ketones is 1. The number of rotatable bonds is 6. The molecule has 0 aromatic rings. The predicted molar refractivity (Wildman–Crippen MR) is 86.5 cm³/mol. The zero-order valence-corrected chi connectivity index (χ0v) is 15.5. The van der Waals surface area contributed by atoms with Gasteiger partial charge in [-0.1, -0.05) is 27.7 Å². The molecule has 0 spiro atoms. The molecule has 1 aliphatic carbocycles. The van der Waals surface area contributed by atoms with E-state index in [1.165, 1.54) is 0 Å². The fourth-order valence-electron chi connectivity index (χ4n) is 1.86. The quantitative estimate of drug-likeness (QED) is 0.551. The summed E-state index contributed by atoms with van der Waals surface area (Å²) in [4.78, 5) is 12.4. The average Bonchev–Trinajstić information content (AvgIpc) is 2.37. The van der Waals surface area contributed by atoms with Crippen molar-refractivity contribution in [2.45, 2.75) is 58.7 Å². The van der Waals surface area contributed by atoms with Crippen LogP contribution in [0, 0.1) is 5.41 Å². The number of carbonyl (C=O) groups excluding carboxylic acids is 1. The molecule has 0 radical (unpaired) electrons. The van der Waals surface area contributed by atoms with Gasteiger partial charge in [-0.3, -0.25) is 4.79 Å². The minimum Gasteiger partial charge on any atom is -0.472 e. The topological polar surface area (TPSA) is 44.8 Å². The van der Waals surface area contributed by atoms with Gasteiger partial charge in [0.15, 0.2) is 20.9 Å². The lowest BCUT2D eigenvalue weighted by Crippen LogP contribution is -2.45.